The smallest absolute Gasteiger partial charge is 0.0172 e. The van der Waals surface area contributed by atoms with Gasteiger partial charge in [-0.3, -0.25) is 0 Å². The number of rotatable bonds is 7. The number of hydrogen-bond donors (Lipinski definition) is 1. The molecule has 1 aliphatic heterocycles. The fraction of sp³-hybridized carbons (Fsp3) is 1.00. The van der Waals surface area contributed by atoms with E-state index in [4.69, 9.17) is 0 Å². The van der Waals surface area contributed by atoms with E-state index in [0.29, 0.717) is 6.04 Å². The van der Waals surface area contributed by atoms with Crippen LogP contribution in [-0.2, 0) is 0 Å². The van der Waals surface area contributed by atoms with Crippen molar-refractivity contribution in [2.24, 2.45) is 0 Å². The van der Waals surface area contributed by atoms with Gasteiger partial charge in [-0.2, -0.15) is 11.8 Å². The average Bonchev–Trinajstić information content (AvgIpc) is 2.28. The largest absolute Gasteiger partial charge is 0.315 e. The second-order valence-electron chi connectivity index (χ2n) is 5.02. The molecule has 1 N–H and O–H groups in total. The van der Waals surface area contributed by atoms with Crippen LogP contribution < -0.4 is 5.32 Å². The molecule has 3 heteroatoms. The molecule has 0 aliphatic carbocycles. The highest BCUT2D eigenvalue weighted by Gasteiger charge is 2.17. The Hall–Kier alpha value is 0.270. The summed E-state index contributed by atoms with van der Waals surface area (Å²) in [6.45, 7) is 11.8. The van der Waals surface area contributed by atoms with E-state index in [-0.39, 0.29) is 0 Å². The Morgan fingerprint density at radius 3 is 2.88 bits per heavy atom. The number of thioether (sulfide) groups is 1. The normalized spacial score (nSPS) is 22.9. The summed E-state index contributed by atoms with van der Waals surface area (Å²) in [6.07, 6.45) is 4.00. The van der Waals surface area contributed by atoms with Crippen molar-refractivity contribution in [2.45, 2.75) is 51.3 Å². The lowest BCUT2D eigenvalue weighted by molar-refractivity contribution is 0.274. The highest BCUT2D eigenvalue weighted by Crippen LogP contribution is 2.21. The lowest BCUT2D eigenvalue weighted by atomic mass is 10.2. The van der Waals surface area contributed by atoms with Crippen molar-refractivity contribution in [3.63, 3.8) is 0 Å². The molecule has 1 rings (SSSR count). The minimum Gasteiger partial charge on any atom is -0.315 e. The minimum absolute atomic E-state index is 0.635. The number of nitrogens with one attached hydrogen (secondary N) is 1. The summed E-state index contributed by atoms with van der Waals surface area (Å²) in [5.41, 5.74) is 0. The van der Waals surface area contributed by atoms with Crippen molar-refractivity contribution in [3.05, 3.63) is 0 Å². The van der Waals surface area contributed by atoms with E-state index in [1.807, 2.05) is 0 Å². The van der Waals surface area contributed by atoms with Crippen LogP contribution in [0.5, 0.6) is 0 Å². The van der Waals surface area contributed by atoms with E-state index in [0.717, 1.165) is 5.25 Å². The molecular weight excluding hydrogens is 216 g/mol. The minimum atomic E-state index is 0.635. The van der Waals surface area contributed by atoms with Crippen molar-refractivity contribution < 1.29 is 0 Å². The molecular formula is C13H28N2S. The van der Waals surface area contributed by atoms with Gasteiger partial charge in [0.2, 0.25) is 0 Å². The summed E-state index contributed by atoms with van der Waals surface area (Å²) in [6, 6.07) is 0.635. The van der Waals surface area contributed by atoms with Crippen molar-refractivity contribution >= 4 is 11.8 Å². The first-order valence-corrected chi connectivity index (χ1v) is 7.84. The van der Waals surface area contributed by atoms with E-state index in [1.54, 1.807) is 0 Å². The first-order valence-electron chi connectivity index (χ1n) is 6.79. The third-order valence-corrected chi connectivity index (χ3v) is 4.50. The Morgan fingerprint density at radius 1 is 1.38 bits per heavy atom. The molecule has 0 aromatic rings. The molecule has 1 heterocycles. The molecule has 16 heavy (non-hydrogen) atoms. The second-order valence-corrected chi connectivity index (χ2v) is 6.43. The molecule has 2 nitrogen and oxygen atoms in total. The molecule has 1 aliphatic rings. The second kappa shape index (κ2) is 8.37. The third-order valence-electron chi connectivity index (χ3n) is 3.13. The van der Waals surface area contributed by atoms with Gasteiger partial charge in [0.15, 0.2) is 0 Å². The maximum absolute atomic E-state index is 3.48. The summed E-state index contributed by atoms with van der Waals surface area (Å²) >= 11 is 2.16. The lowest BCUT2D eigenvalue weighted by Gasteiger charge is -2.31. The molecule has 1 atom stereocenters. The van der Waals surface area contributed by atoms with Gasteiger partial charge in [0.1, 0.15) is 0 Å². The zero-order chi connectivity index (χ0) is 11.8. The molecule has 0 aromatic carbocycles. The zero-order valence-electron chi connectivity index (χ0n) is 11.2. The maximum atomic E-state index is 3.48. The van der Waals surface area contributed by atoms with Gasteiger partial charge in [-0.1, -0.05) is 20.8 Å². The number of unbranched alkanes of at least 4 members (excludes halogenated alkanes) is 1. The van der Waals surface area contributed by atoms with E-state index >= 15 is 0 Å². The summed E-state index contributed by atoms with van der Waals surface area (Å²) in [4.78, 5) is 2.65. The van der Waals surface area contributed by atoms with Crippen LogP contribution in [-0.4, -0.2) is 48.1 Å². The van der Waals surface area contributed by atoms with Gasteiger partial charge in [0.05, 0.1) is 0 Å². The van der Waals surface area contributed by atoms with Crippen LogP contribution in [0.1, 0.15) is 40.0 Å². The highest BCUT2D eigenvalue weighted by atomic mass is 32.2. The molecule has 0 radical (unpaired) electrons. The van der Waals surface area contributed by atoms with Crippen LogP contribution >= 0.6 is 11.8 Å². The Labute approximate surface area is 106 Å². The summed E-state index contributed by atoms with van der Waals surface area (Å²) in [5.74, 6) is 1.34. The van der Waals surface area contributed by atoms with Crippen molar-refractivity contribution in [1.82, 2.24) is 10.2 Å². The summed E-state index contributed by atoms with van der Waals surface area (Å²) in [7, 11) is 0. The molecule has 1 fully saturated rings. The Balaban J connectivity index is 1.99. The Morgan fingerprint density at radius 2 is 2.19 bits per heavy atom. The van der Waals surface area contributed by atoms with Crippen LogP contribution in [0.2, 0.25) is 0 Å². The zero-order valence-corrected chi connectivity index (χ0v) is 12.0. The van der Waals surface area contributed by atoms with Gasteiger partial charge < -0.3 is 10.2 Å². The molecule has 0 bridgehead atoms. The third kappa shape index (κ3) is 6.12. The Bertz CT molecular complexity index is 173. The van der Waals surface area contributed by atoms with Gasteiger partial charge in [0.25, 0.3) is 0 Å². The van der Waals surface area contributed by atoms with Gasteiger partial charge in [-0.25, -0.2) is 0 Å². The molecule has 1 unspecified atom stereocenters. The van der Waals surface area contributed by atoms with E-state index in [9.17, 15) is 0 Å². The summed E-state index contributed by atoms with van der Waals surface area (Å²) in [5, 5.41) is 4.37. The molecule has 0 aromatic heterocycles. The standard InChI is InChI=1S/C13H28N2S/c1-4-13-11-15(9-10-16-13)8-6-5-7-14-12(2)3/h12-14H,4-11H2,1-3H3. The molecule has 96 valence electrons. The average molecular weight is 244 g/mol. The van der Waals surface area contributed by atoms with Crippen molar-refractivity contribution in [2.75, 3.05) is 31.9 Å². The van der Waals surface area contributed by atoms with E-state index < -0.39 is 0 Å². The van der Waals surface area contributed by atoms with Crippen LogP contribution in [0.15, 0.2) is 0 Å². The van der Waals surface area contributed by atoms with Crippen LogP contribution in [0.3, 0.4) is 0 Å². The quantitative estimate of drug-likeness (QED) is 0.693. The molecule has 0 amide bonds. The van der Waals surface area contributed by atoms with Gasteiger partial charge in [0, 0.05) is 30.1 Å². The molecule has 0 spiro atoms. The first-order chi connectivity index (χ1) is 7.72. The fourth-order valence-electron chi connectivity index (χ4n) is 2.08. The van der Waals surface area contributed by atoms with Gasteiger partial charge >= 0.3 is 0 Å². The number of nitrogens with zero attached hydrogens (tertiary/aromatic N) is 1. The van der Waals surface area contributed by atoms with E-state index in [2.05, 4.69) is 42.7 Å². The monoisotopic (exact) mass is 244 g/mol. The predicted octanol–water partition coefficient (Wildman–Crippen LogP) is 2.59. The molecule has 0 saturated carbocycles. The Kier molecular flexibility index (Phi) is 7.50. The van der Waals surface area contributed by atoms with Crippen molar-refractivity contribution in [3.8, 4) is 0 Å². The van der Waals surface area contributed by atoms with Crippen molar-refractivity contribution in [1.29, 1.82) is 0 Å². The predicted molar refractivity (Wildman–Crippen MR) is 75.3 cm³/mol. The van der Waals surface area contributed by atoms with Crippen LogP contribution in [0.4, 0.5) is 0 Å². The van der Waals surface area contributed by atoms with E-state index in [1.165, 1.54) is 51.2 Å². The highest BCUT2D eigenvalue weighted by molar-refractivity contribution is 8.00. The molecule has 1 saturated heterocycles. The van der Waals surface area contributed by atoms with Gasteiger partial charge in [-0.05, 0) is 32.4 Å². The summed E-state index contributed by atoms with van der Waals surface area (Å²) < 4.78 is 0. The SMILES string of the molecule is CCC1CN(CCCCNC(C)C)CCS1. The maximum Gasteiger partial charge on any atom is 0.0172 e. The first kappa shape index (κ1) is 14.3. The lowest BCUT2D eigenvalue weighted by Crippen LogP contribution is -2.38. The number of hydrogen-bond acceptors (Lipinski definition) is 3. The van der Waals surface area contributed by atoms with Crippen LogP contribution in [0.25, 0.3) is 0 Å². The topological polar surface area (TPSA) is 15.3 Å². The van der Waals surface area contributed by atoms with Crippen LogP contribution in [0, 0.1) is 0 Å². The fourth-order valence-corrected chi connectivity index (χ4v) is 3.33. The van der Waals surface area contributed by atoms with Gasteiger partial charge in [-0.15, -0.1) is 0 Å².